The molecule has 2 aliphatic heterocycles. The average molecular weight is 435 g/mol. The van der Waals surface area contributed by atoms with Crippen molar-refractivity contribution in [2.45, 2.75) is 51.0 Å². The summed E-state index contributed by atoms with van der Waals surface area (Å²) in [4.78, 5) is 44.3. The van der Waals surface area contributed by atoms with Gasteiger partial charge < -0.3 is 13.9 Å². The third-order valence-corrected chi connectivity index (χ3v) is 6.57. The van der Waals surface area contributed by atoms with Gasteiger partial charge in [-0.1, -0.05) is 12.1 Å². The highest BCUT2D eigenvalue weighted by atomic mass is 16.6. The molecule has 0 bridgehead atoms. The lowest BCUT2D eigenvalue weighted by atomic mass is 9.72. The maximum Gasteiger partial charge on any atom is 0.315 e. The SMILES string of the molecule is CC1=NC2=C(C(=O)CCC2)C(c2coc3ccccc3c2=O)C1C(=O)OCC1CCCO1. The Balaban J connectivity index is 1.59. The number of hydrogen-bond donors (Lipinski definition) is 0. The van der Waals surface area contributed by atoms with Crippen molar-refractivity contribution in [2.75, 3.05) is 13.2 Å². The number of fused-ring (bicyclic) bond motifs is 1. The van der Waals surface area contributed by atoms with Crippen molar-refractivity contribution in [2.24, 2.45) is 10.9 Å². The molecule has 3 unspecified atom stereocenters. The van der Waals surface area contributed by atoms with Crippen molar-refractivity contribution >= 4 is 28.4 Å². The number of Topliss-reactive ketones (excluding diaryl/α,β-unsaturated/α-hetero) is 1. The second-order valence-electron chi connectivity index (χ2n) is 8.63. The summed E-state index contributed by atoms with van der Waals surface area (Å²) in [6.45, 7) is 2.58. The quantitative estimate of drug-likeness (QED) is 0.680. The standard InChI is InChI=1S/C25H25NO6/c1-14-21(25(29)32-12-15-6-5-11-30-15)22(23-18(26-14)8-4-9-19(23)27)17-13-31-20-10-3-2-7-16(20)24(17)28/h2-3,7,10,13,15,21-22H,4-6,8-9,11-12H2,1H3. The number of esters is 1. The molecule has 2 aromatic rings. The van der Waals surface area contributed by atoms with Crippen LogP contribution in [0.1, 0.15) is 50.5 Å². The molecule has 1 aromatic carbocycles. The summed E-state index contributed by atoms with van der Waals surface area (Å²) in [6.07, 6.45) is 4.79. The number of carbonyl (C=O) groups excluding carboxylic acids is 2. The maximum atomic E-state index is 13.4. The van der Waals surface area contributed by atoms with Crippen LogP contribution in [0.25, 0.3) is 11.0 Å². The topological polar surface area (TPSA) is 95.2 Å². The number of allylic oxidation sites excluding steroid dienone is 2. The predicted octanol–water partition coefficient (Wildman–Crippen LogP) is 3.70. The number of ketones is 1. The molecule has 0 saturated carbocycles. The lowest BCUT2D eigenvalue weighted by Gasteiger charge is -2.34. The molecule has 5 rings (SSSR count). The summed E-state index contributed by atoms with van der Waals surface area (Å²) in [5.74, 6) is -2.20. The van der Waals surface area contributed by atoms with E-state index in [0.29, 0.717) is 59.4 Å². The van der Waals surface area contributed by atoms with E-state index in [9.17, 15) is 14.4 Å². The fourth-order valence-corrected chi connectivity index (χ4v) is 5.00. The smallest absolute Gasteiger partial charge is 0.315 e. The Kier molecular flexibility index (Phi) is 5.51. The average Bonchev–Trinajstić information content (AvgIpc) is 3.31. The van der Waals surface area contributed by atoms with Crippen molar-refractivity contribution in [1.29, 1.82) is 0 Å². The Morgan fingerprint density at radius 2 is 2.03 bits per heavy atom. The largest absolute Gasteiger partial charge is 0.464 e. The third kappa shape index (κ3) is 3.60. The van der Waals surface area contributed by atoms with Gasteiger partial charge in [0.2, 0.25) is 0 Å². The highest BCUT2D eigenvalue weighted by Crippen LogP contribution is 2.43. The van der Waals surface area contributed by atoms with Crippen LogP contribution >= 0.6 is 0 Å². The fraction of sp³-hybridized carbons (Fsp3) is 0.440. The van der Waals surface area contributed by atoms with E-state index >= 15 is 0 Å². The molecule has 0 radical (unpaired) electrons. The van der Waals surface area contributed by atoms with Crippen LogP contribution in [0, 0.1) is 5.92 Å². The lowest BCUT2D eigenvalue weighted by Crippen LogP contribution is -2.39. The van der Waals surface area contributed by atoms with Gasteiger partial charge in [0.05, 0.1) is 17.8 Å². The molecule has 32 heavy (non-hydrogen) atoms. The minimum atomic E-state index is -0.860. The van der Waals surface area contributed by atoms with E-state index in [1.165, 1.54) is 6.26 Å². The molecule has 1 saturated heterocycles. The van der Waals surface area contributed by atoms with Gasteiger partial charge in [0.15, 0.2) is 11.2 Å². The Morgan fingerprint density at radius 1 is 1.19 bits per heavy atom. The van der Waals surface area contributed by atoms with Gasteiger partial charge in [-0.3, -0.25) is 19.4 Å². The van der Waals surface area contributed by atoms with Gasteiger partial charge in [0.1, 0.15) is 18.1 Å². The molecular weight excluding hydrogens is 410 g/mol. The van der Waals surface area contributed by atoms with Crippen LogP contribution in [0.15, 0.2) is 56.0 Å². The van der Waals surface area contributed by atoms with Crippen molar-refractivity contribution in [3.8, 4) is 0 Å². The van der Waals surface area contributed by atoms with E-state index < -0.39 is 17.8 Å². The van der Waals surface area contributed by atoms with Crippen LogP contribution in [0.3, 0.4) is 0 Å². The third-order valence-electron chi connectivity index (χ3n) is 6.57. The summed E-state index contributed by atoms with van der Waals surface area (Å²) < 4.78 is 16.9. The van der Waals surface area contributed by atoms with E-state index in [1.807, 2.05) is 0 Å². The van der Waals surface area contributed by atoms with Gasteiger partial charge in [-0.05, 0) is 44.7 Å². The van der Waals surface area contributed by atoms with E-state index in [2.05, 4.69) is 4.99 Å². The number of para-hydroxylation sites is 1. The van der Waals surface area contributed by atoms with Crippen LogP contribution in [-0.2, 0) is 19.1 Å². The zero-order chi connectivity index (χ0) is 22.2. The van der Waals surface area contributed by atoms with Gasteiger partial charge in [-0.2, -0.15) is 0 Å². The van der Waals surface area contributed by atoms with Crippen molar-refractivity contribution in [1.82, 2.24) is 0 Å². The monoisotopic (exact) mass is 435 g/mol. The summed E-state index contributed by atoms with van der Waals surface area (Å²) in [7, 11) is 0. The van der Waals surface area contributed by atoms with Crippen molar-refractivity contribution in [3.05, 3.63) is 57.6 Å². The van der Waals surface area contributed by atoms with Gasteiger partial charge in [-0.25, -0.2) is 0 Å². The molecule has 0 amide bonds. The number of rotatable bonds is 4. The van der Waals surface area contributed by atoms with Crippen molar-refractivity contribution < 1.29 is 23.5 Å². The zero-order valence-electron chi connectivity index (χ0n) is 18.0. The number of ether oxygens (including phenoxy) is 2. The molecule has 3 atom stereocenters. The van der Waals surface area contributed by atoms with Crippen LogP contribution in [0.4, 0.5) is 0 Å². The number of aliphatic imine (C=N–C) groups is 1. The Labute approximate surface area is 185 Å². The lowest BCUT2D eigenvalue weighted by molar-refractivity contribution is -0.149. The summed E-state index contributed by atoms with van der Waals surface area (Å²) in [6, 6.07) is 6.97. The van der Waals surface area contributed by atoms with Crippen LogP contribution in [-0.4, -0.2) is 36.8 Å². The molecule has 166 valence electrons. The minimum Gasteiger partial charge on any atom is -0.464 e. The van der Waals surface area contributed by atoms with Crippen LogP contribution in [0.2, 0.25) is 0 Å². The van der Waals surface area contributed by atoms with Gasteiger partial charge in [-0.15, -0.1) is 0 Å². The van der Waals surface area contributed by atoms with Crippen LogP contribution < -0.4 is 5.43 Å². The molecule has 0 N–H and O–H groups in total. The van der Waals surface area contributed by atoms with Crippen molar-refractivity contribution in [3.63, 3.8) is 0 Å². The molecule has 7 heteroatoms. The van der Waals surface area contributed by atoms with Gasteiger partial charge >= 0.3 is 5.97 Å². The molecule has 3 aliphatic rings. The summed E-state index contributed by atoms with van der Waals surface area (Å²) >= 11 is 0. The van der Waals surface area contributed by atoms with E-state index in [4.69, 9.17) is 13.9 Å². The summed E-state index contributed by atoms with van der Waals surface area (Å²) in [5, 5.41) is 0.419. The first-order chi connectivity index (χ1) is 15.5. The first-order valence-corrected chi connectivity index (χ1v) is 11.1. The highest BCUT2D eigenvalue weighted by molar-refractivity contribution is 6.09. The maximum absolute atomic E-state index is 13.4. The highest BCUT2D eigenvalue weighted by Gasteiger charge is 2.44. The number of carbonyl (C=O) groups is 2. The Morgan fingerprint density at radius 3 is 2.84 bits per heavy atom. The summed E-state index contributed by atoms with van der Waals surface area (Å²) in [5.41, 5.74) is 2.17. The molecule has 3 heterocycles. The van der Waals surface area contributed by atoms with Gasteiger partial charge in [0.25, 0.3) is 0 Å². The predicted molar refractivity (Wildman–Crippen MR) is 118 cm³/mol. The molecule has 1 fully saturated rings. The second-order valence-corrected chi connectivity index (χ2v) is 8.63. The van der Waals surface area contributed by atoms with Crippen LogP contribution in [0.5, 0.6) is 0 Å². The molecule has 0 spiro atoms. The molecule has 7 nitrogen and oxygen atoms in total. The number of benzene rings is 1. The number of hydrogen-bond acceptors (Lipinski definition) is 7. The Hall–Kier alpha value is -3.06. The minimum absolute atomic E-state index is 0.0722. The number of nitrogens with zero attached hydrogens (tertiary/aromatic N) is 1. The first kappa shape index (κ1) is 20.8. The zero-order valence-corrected chi connectivity index (χ0v) is 18.0. The fourth-order valence-electron chi connectivity index (χ4n) is 5.00. The molecular formula is C25H25NO6. The van der Waals surface area contributed by atoms with Gasteiger partial charge in [0, 0.05) is 41.5 Å². The molecule has 1 aromatic heterocycles. The normalized spacial score (nSPS) is 25.6. The van der Waals surface area contributed by atoms with E-state index in [-0.39, 0.29) is 23.9 Å². The van der Waals surface area contributed by atoms with E-state index in [1.54, 1.807) is 31.2 Å². The second kappa shape index (κ2) is 8.47. The molecule has 1 aliphatic carbocycles. The van der Waals surface area contributed by atoms with E-state index in [0.717, 1.165) is 12.8 Å². The first-order valence-electron chi connectivity index (χ1n) is 11.1. The Bertz CT molecular complexity index is 1200.